The standard InChI is InChI=1S/C13H12O3/c1-3-4-9-8(2)10-5-6-13(15)16-12(10)7-11(9)14/h3,5-7,14H,1,4H2,2H3. The van der Waals surface area contributed by atoms with Crippen molar-refractivity contribution in [3.05, 3.63) is 52.4 Å². The van der Waals surface area contributed by atoms with Crippen LogP contribution in [0.4, 0.5) is 0 Å². The van der Waals surface area contributed by atoms with Gasteiger partial charge < -0.3 is 9.52 Å². The Hall–Kier alpha value is -2.03. The molecule has 1 aromatic carbocycles. The fourth-order valence-electron chi connectivity index (χ4n) is 1.82. The van der Waals surface area contributed by atoms with Gasteiger partial charge in [0.2, 0.25) is 0 Å². The highest BCUT2D eigenvalue weighted by Gasteiger charge is 2.10. The topological polar surface area (TPSA) is 50.4 Å². The van der Waals surface area contributed by atoms with Crippen molar-refractivity contribution < 1.29 is 9.52 Å². The lowest BCUT2D eigenvalue weighted by Gasteiger charge is -2.08. The Kier molecular flexibility index (Phi) is 2.52. The number of hydrogen-bond acceptors (Lipinski definition) is 3. The molecule has 0 atom stereocenters. The summed E-state index contributed by atoms with van der Waals surface area (Å²) in [4.78, 5) is 11.1. The predicted octanol–water partition coefficient (Wildman–Crippen LogP) is 2.54. The summed E-state index contributed by atoms with van der Waals surface area (Å²) in [5.74, 6) is 0.138. The first-order valence-corrected chi connectivity index (χ1v) is 4.99. The van der Waals surface area contributed by atoms with Crippen LogP contribution in [0.3, 0.4) is 0 Å². The molecule has 2 rings (SSSR count). The minimum absolute atomic E-state index is 0.138. The summed E-state index contributed by atoms with van der Waals surface area (Å²) in [7, 11) is 0. The lowest BCUT2D eigenvalue weighted by Crippen LogP contribution is -1.97. The fourth-order valence-corrected chi connectivity index (χ4v) is 1.82. The second-order valence-corrected chi connectivity index (χ2v) is 3.66. The van der Waals surface area contributed by atoms with Crippen molar-refractivity contribution in [1.29, 1.82) is 0 Å². The van der Waals surface area contributed by atoms with E-state index in [1.807, 2.05) is 6.92 Å². The van der Waals surface area contributed by atoms with E-state index in [0.29, 0.717) is 12.0 Å². The molecule has 0 saturated heterocycles. The monoisotopic (exact) mass is 216 g/mol. The molecule has 3 nitrogen and oxygen atoms in total. The van der Waals surface area contributed by atoms with Crippen LogP contribution in [0.5, 0.6) is 5.75 Å². The van der Waals surface area contributed by atoms with Crippen LogP contribution < -0.4 is 5.63 Å². The molecule has 1 N–H and O–H groups in total. The molecule has 16 heavy (non-hydrogen) atoms. The van der Waals surface area contributed by atoms with Crippen LogP contribution in [-0.2, 0) is 6.42 Å². The average Bonchev–Trinajstić information content (AvgIpc) is 2.23. The molecule has 82 valence electrons. The molecule has 0 aliphatic rings. The number of aromatic hydroxyl groups is 1. The maximum atomic E-state index is 11.1. The number of phenols is 1. The number of rotatable bonds is 2. The molecule has 0 fully saturated rings. The molecule has 1 heterocycles. The normalized spacial score (nSPS) is 10.6. The van der Waals surface area contributed by atoms with Gasteiger partial charge in [-0.05, 0) is 25.0 Å². The summed E-state index contributed by atoms with van der Waals surface area (Å²) in [6, 6.07) is 4.56. The van der Waals surface area contributed by atoms with Gasteiger partial charge in [0.1, 0.15) is 11.3 Å². The van der Waals surface area contributed by atoms with Gasteiger partial charge in [0, 0.05) is 23.1 Å². The molecular weight excluding hydrogens is 204 g/mol. The van der Waals surface area contributed by atoms with E-state index in [4.69, 9.17) is 4.42 Å². The first-order valence-electron chi connectivity index (χ1n) is 4.99. The van der Waals surface area contributed by atoms with E-state index < -0.39 is 5.63 Å². The van der Waals surface area contributed by atoms with Crippen LogP contribution in [0.2, 0.25) is 0 Å². The summed E-state index contributed by atoms with van der Waals surface area (Å²) in [5, 5.41) is 10.6. The summed E-state index contributed by atoms with van der Waals surface area (Å²) in [6.07, 6.45) is 2.32. The van der Waals surface area contributed by atoms with Crippen molar-refractivity contribution in [2.45, 2.75) is 13.3 Å². The first-order chi connectivity index (χ1) is 7.63. The van der Waals surface area contributed by atoms with Crippen LogP contribution >= 0.6 is 0 Å². The minimum Gasteiger partial charge on any atom is -0.508 e. The number of allylic oxidation sites excluding steroid dienone is 1. The average molecular weight is 216 g/mol. The Morgan fingerprint density at radius 1 is 1.50 bits per heavy atom. The van der Waals surface area contributed by atoms with E-state index in [2.05, 4.69) is 6.58 Å². The molecule has 3 heteroatoms. The lowest BCUT2D eigenvalue weighted by atomic mass is 10.0. The summed E-state index contributed by atoms with van der Waals surface area (Å²) in [6.45, 7) is 5.54. The maximum absolute atomic E-state index is 11.1. The molecule has 2 aromatic rings. The maximum Gasteiger partial charge on any atom is 0.336 e. The zero-order valence-electron chi connectivity index (χ0n) is 8.99. The van der Waals surface area contributed by atoms with Gasteiger partial charge in [0.05, 0.1) is 0 Å². The number of phenolic OH excluding ortho intramolecular Hbond substituents is 1. The number of benzene rings is 1. The fraction of sp³-hybridized carbons (Fsp3) is 0.154. The molecule has 0 radical (unpaired) electrons. The zero-order chi connectivity index (χ0) is 11.7. The highest BCUT2D eigenvalue weighted by Crippen LogP contribution is 2.29. The zero-order valence-corrected chi connectivity index (χ0v) is 8.99. The minimum atomic E-state index is -0.414. The summed E-state index contributed by atoms with van der Waals surface area (Å²) >= 11 is 0. The predicted molar refractivity (Wildman–Crippen MR) is 62.8 cm³/mol. The third kappa shape index (κ3) is 1.60. The van der Waals surface area contributed by atoms with Gasteiger partial charge in [-0.15, -0.1) is 6.58 Å². The van der Waals surface area contributed by atoms with Crippen molar-refractivity contribution in [3.8, 4) is 5.75 Å². The number of aryl methyl sites for hydroxylation is 1. The van der Waals surface area contributed by atoms with Gasteiger partial charge in [0.25, 0.3) is 0 Å². The first kappa shape index (κ1) is 10.5. The smallest absolute Gasteiger partial charge is 0.336 e. The highest BCUT2D eigenvalue weighted by atomic mass is 16.4. The Bertz CT molecular complexity index is 608. The molecule has 0 aliphatic heterocycles. The molecule has 0 amide bonds. The SMILES string of the molecule is C=CCc1c(O)cc2oc(=O)ccc2c1C. The van der Waals surface area contributed by atoms with Gasteiger partial charge in [-0.3, -0.25) is 0 Å². The van der Waals surface area contributed by atoms with Crippen molar-refractivity contribution in [1.82, 2.24) is 0 Å². The molecule has 1 aromatic heterocycles. The second-order valence-electron chi connectivity index (χ2n) is 3.66. The van der Waals surface area contributed by atoms with Gasteiger partial charge in [0.15, 0.2) is 0 Å². The van der Waals surface area contributed by atoms with Crippen molar-refractivity contribution in [2.75, 3.05) is 0 Å². The van der Waals surface area contributed by atoms with Crippen molar-refractivity contribution in [2.24, 2.45) is 0 Å². The Morgan fingerprint density at radius 3 is 2.94 bits per heavy atom. The van der Waals surface area contributed by atoms with Crippen LogP contribution in [0.1, 0.15) is 11.1 Å². The van der Waals surface area contributed by atoms with E-state index in [1.54, 1.807) is 12.1 Å². The lowest BCUT2D eigenvalue weighted by molar-refractivity contribution is 0.467. The quantitative estimate of drug-likeness (QED) is 0.620. The van der Waals surface area contributed by atoms with Gasteiger partial charge >= 0.3 is 5.63 Å². The van der Waals surface area contributed by atoms with Gasteiger partial charge in [-0.25, -0.2) is 4.79 Å². The molecule has 0 spiro atoms. The van der Waals surface area contributed by atoms with Crippen LogP contribution in [0.25, 0.3) is 11.0 Å². The molecule has 0 unspecified atom stereocenters. The Balaban J connectivity index is 2.82. The van der Waals surface area contributed by atoms with E-state index >= 15 is 0 Å². The van der Waals surface area contributed by atoms with E-state index in [9.17, 15) is 9.90 Å². The Morgan fingerprint density at radius 2 is 2.25 bits per heavy atom. The van der Waals surface area contributed by atoms with Crippen LogP contribution in [0.15, 0.2) is 40.1 Å². The number of fused-ring (bicyclic) bond motifs is 1. The second kappa shape index (κ2) is 3.85. The molecular formula is C13H12O3. The largest absolute Gasteiger partial charge is 0.508 e. The third-order valence-corrected chi connectivity index (χ3v) is 2.64. The molecule has 0 bridgehead atoms. The summed E-state index contributed by atoms with van der Waals surface area (Å²) in [5.41, 5.74) is 1.73. The van der Waals surface area contributed by atoms with E-state index in [1.165, 1.54) is 12.1 Å². The van der Waals surface area contributed by atoms with E-state index in [-0.39, 0.29) is 5.75 Å². The molecule has 0 saturated carbocycles. The van der Waals surface area contributed by atoms with Gasteiger partial charge in [-0.1, -0.05) is 6.08 Å². The Labute approximate surface area is 92.6 Å². The van der Waals surface area contributed by atoms with Gasteiger partial charge in [-0.2, -0.15) is 0 Å². The third-order valence-electron chi connectivity index (χ3n) is 2.64. The number of hydrogen-bond donors (Lipinski definition) is 1. The van der Waals surface area contributed by atoms with Crippen LogP contribution in [-0.4, -0.2) is 5.11 Å². The highest BCUT2D eigenvalue weighted by molar-refractivity contribution is 5.83. The van der Waals surface area contributed by atoms with Crippen molar-refractivity contribution >= 4 is 11.0 Å². The van der Waals surface area contributed by atoms with E-state index in [0.717, 1.165) is 16.5 Å². The van der Waals surface area contributed by atoms with Crippen molar-refractivity contribution in [3.63, 3.8) is 0 Å². The summed E-state index contributed by atoms with van der Waals surface area (Å²) < 4.78 is 5.02. The molecule has 0 aliphatic carbocycles. The van der Waals surface area contributed by atoms with Crippen LogP contribution in [0, 0.1) is 6.92 Å².